The van der Waals surface area contributed by atoms with Crippen LogP contribution in [0.2, 0.25) is 0 Å². The van der Waals surface area contributed by atoms with Crippen LogP contribution in [0.4, 0.5) is 11.4 Å². The predicted octanol–water partition coefficient (Wildman–Crippen LogP) is 4.87. The zero-order chi connectivity index (χ0) is 33.0. The Kier molecular flexibility index (Phi) is 9.97. The van der Waals surface area contributed by atoms with Crippen molar-refractivity contribution in [3.63, 3.8) is 0 Å². The molecule has 47 heavy (non-hydrogen) atoms. The first kappa shape index (κ1) is 32.8. The summed E-state index contributed by atoms with van der Waals surface area (Å²) in [5.74, 6) is -1.24. The number of carbonyl (C=O) groups is 2. The van der Waals surface area contributed by atoms with Gasteiger partial charge in [0.05, 0.1) is 36.5 Å². The molecule has 11 heteroatoms. The van der Waals surface area contributed by atoms with E-state index in [2.05, 4.69) is 36.9 Å². The number of rotatable bonds is 12. The van der Waals surface area contributed by atoms with E-state index in [0.717, 1.165) is 35.0 Å². The highest BCUT2D eigenvalue weighted by molar-refractivity contribution is 9.10. The fourth-order valence-corrected chi connectivity index (χ4v) is 6.79. The van der Waals surface area contributed by atoms with E-state index in [-0.39, 0.29) is 31.0 Å². The van der Waals surface area contributed by atoms with Gasteiger partial charge in [0.1, 0.15) is 0 Å². The van der Waals surface area contributed by atoms with Gasteiger partial charge in [-0.1, -0.05) is 82.7 Å². The number of halogens is 1. The summed E-state index contributed by atoms with van der Waals surface area (Å²) in [7, 11) is 0. The van der Waals surface area contributed by atoms with Crippen LogP contribution in [0.15, 0.2) is 95.6 Å². The number of carbonyl (C=O) groups excluding carboxylic acids is 2. The quantitative estimate of drug-likeness (QED) is 0.155. The van der Waals surface area contributed by atoms with Crippen LogP contribution in [-0.2, 0) is 28.3 Å². The lowest BCUT2D eigenvalue weighted by Crippen LogP contribution is -2.44. The monoisotopic (exact) mass is 698 g/mol. The minimum absolute atomic E-state index is 0.0621. The molecule has 4 N–H and O–H groups in total. The van der Waals surface area contributed by atoms with Crippen LogP contribution in [0.3, 0.4) is 0 Å². The molecule has 244 valence electrons. The van der Waals surface area contributed by atoms with Crippen molar-refractivity contribution in [1.29, 1.82) is 0 Å². The number of aryl methyl sites for hydroxylation is 1. The second kappa shape index (κ2) is 14.3. The first-order valence-electron chi connectivity index (χ1n) is 16.0. The van der Waals surface area contributed by atoms with E-state index in [9.17, 15) is 19.8 Å². The summed E-state index contributed by atoms with van der Waals surface area (Å²) < 4.78 is 2.50. The zero-order valence-corrected chi connectivity index (χ0v) is 27.8. The van der Waals surface area contributed by atoms with Gasteiger partial charge in [0.15, 0.2) is 5.60 Å². The Labute approximate surface area is 282 Å². The van der Waals surface area contributed by atoms with E-state index in [1.165, 1.54) is 0 Å². The molecule has 4 atom stereocenters. The standard InChI is InChI=1S/C36H39BrN6O4/c1-24(9-5-6-18-42-22-32(40-41-42)29(23-44)26-11-3-2-4-12-26)36(47)30-20-27(37)15-16-33(30)43(35(36)46)21-25-10-7-13-28(19-25)39-34(45)31-14-8-17-38-31/h2-5,7,9-13,15-16,19-20,22,24,29,31,38,44,47H,6,8,14,17-18,21,23H2,1H3,(H,39,45)/b9-5+/t24-,29?,31+,36+/m0/s1. The molecule has 3 aromatic carbocycles. The van der Waals surface area contributed by atoms with Gasteiger partial charge in [0.25, 0.3) is 5.91 Å². The lowest BCUT2D eigenvalue weighted by molar-refractivity contribution is -0.139. The molecule has 0 radical (unpaired) electrons. The van der Waals surface area contributed by atoms with Gasteiger partial charge in [-0.05, 0) is 67.3 Å². The molecule has 1 aromatic heterocycles. The van der Waals surface area contributed by atoms with Crippen molar-refractivity contribution in [1.82, 2.24) is 20.3 Å². The maximum absolute atomic E-state index is 14.1. The number of hydrogen-bond acceptors (Lipinski definition) is 7. The molecule has 1 saturated heterocycles. The minimum atomic E-state index is -1.76. The van der Waals surface area contributed by atoms with Crippen molar-refractivity contribution >= 4 is 39.1 Å². The average Bonchev–Trinajstić information content (AvgIpc) is 3.83. The number of amides is 2. The molecule has 0 spiro atoms. The van der Waals surface area contributed by atoms with Crippen LogP contribution >= 0.6 is 15.9 Å². The largest absolute Gasteiger partial charge is 0.395 e. The zero-order valence-electron chi connectivity index (χ0n) is 26.2. The summed E-state index contributed by atoms with van der Waals surface area (Å²) in [6.07, 6.45) is 8.06. The summed E-state index contributed by atoms with van der Waals surface area (Å²) in [5.41, 5.74) is 2.60. The molecular weight excluding hydrogens is 660 g/mol. The summed E-state index contributed by atoms with van der Waals surface area (Å²) in [5, 5.41) is 36.8. The first-order chi connectivity index (χ1) is 22.8. The van der Waals surface area contributed by atoms with Gasteiger partial charge in [0.2, 0.25) is 5.91 Å². The lowest BCUT2D eigenvalue weighted by Gasteiger charge is -2.28. The molecule has 0 saturated carbocycles. The van der Waals surface area contributed by atoms with E-state index in [0.29, 0.717) is 35.6 Å². The maximum atomic E-state index is 14.1. The van der Waals surface area contributed by atoms with Gasteiger partial charge < -0.3 is 25.7 Å². The molecule has 0 bridgehead atoms. The Hall–Kier alpha value is -4.16. The number of aromatic nitrogens is 3. The molecule has 2 amide bonds. The van der Waals surface area contributed by atoms with Gasteiger partial charge in [-0.15, -0.1) is 5.10 Å². The maximum Gasteiger partial charge on any atom is 0.264 e. The van der Waals surface area contributed by atoms with Crippen molar-refractivity contribution in [2.75, 3.05) is 23.4 Å². The molecule has 1 unspecified atom stereocenters. The predicted molar refractivity (Wildman–Crippen MR) is 184 cm³/mol. The molecule has 2 aliphatic heterocycles. The summed E-state index contributed by atoms with van der Waals surface area (Å²) in [6.45, 7) is 3.40. The van der Waals surface area contributed by atoms with E-state index < -0.39 is 17.4 Å². The van der Waals surface area contributed by atoms with Crippen molar-refractivity contribution in [3.05, 3.63) is 118 Å². The summed E-state index contributed by atoms with van der Waals surface area (Å²) >= 11 is 3.52. The number of aliphatic hydroxyl groups is 2. The Morgan fingerprint density at radius 1 is 1.17 bits per heavy atom. The number of nitrogens with zero attached hydrogens (tertiary/aromatic N) is 4. The second-order valence-electron chi connectivity index (χ2n) is 12.2. The van der Waals surface area contributed by atoms with Gasteiger partial charge in [0, 0.05) is 34.4 Å². The van der Waals surface area contributed by atoms with Crippen LogP contribution in [0.25, 0.3) is 0 Å². The highest BCUT2D eigenvalue weighted by atomic mass is 79.9. The van der Waals surface area contributed by atoms with Gasteiger partial charge in [-0.25, -0.2) is 0 Å². The van der Waals surface area contributed by atoms with Crippen LogP contribution in [0, 0.1) is 5.92 Å². The number of allylic oxidation sites excluding steroid dienone is 1. The third-order valence-corrected chi connectivity index (χ3v) is 9.54. The molecule has 1 fully saturated rings. The van der Waals surface area contributed by atoms with Crippen LogP contribution in [0.5, 0.6) is 0 Å². The highest BCUT2D eigenvalue weighted by Crippen LogP contribution is 2.46. The highest BCUT2D eigenvalue weighted by Gasteiger charge is 2.52. The SMILES string of the molecule is C[C@@H](/C=C/CCn1cc(C(CO)c2ccccc2)nn1)[C@]1(O)C(=O)N(Cc2cccc(NC(=O)[C@H]3CCCN3)c2)c2ccc(Br)cc21. The molecule has 2 aliphatic rings. The number of aliphatic hydroxyl groups excluding tert-OH is 1. The third kappa shape index (κ3) is 6.94. The van der Waals surface area contributed by atoms with E-state index in [1.807, 2.05) is 98.1 Å². The van der Waals surface area contributed by atoms with Crippen molar-refractivity contribution in [2.45, 2.75) is 56.8 Å². The van der Waals surface area contributed by atoms with Crippen LogP contribution < -0.4 is 15.5 Å². The fraction of sp³-hybridized carbons (Fsp3) is 0.333. The summed E-state index contributed by atoms with van der Waals surface area (Å²) in [6, 6.07) is 22.5. The normalized spacial score (nSPS) is 20.5. The van der Waals surface area contributed by atoms with Gasteiger partial charge in [-0.2, -0.15) is 0 Å². The van der Waals surface area contributed by atoms with Crippen molar-refractivity contribution < 1.29 is 19.8 Å². The van der Waals surface area contributed by atoms with Crippen molar-refractivity contribution in [3.8, 4) is 0 Å². The van der Waals surface area contributed by atoms with Crippen molar-refractivity contribution in [2.24, 2.45) is 5.92 Å². The fourth-order valence-electron chi connectivity index (χ4n) is 6.43. The first-order valence-corrected chi connectivity index (χ1v) is 16.8. The number of fused-ring (bicyclic) bond motifs is 1. The Morgan fingerprint density at radius 2 is 2.00 bits per heavy atom. The number of benzene rings is 3. The molecule has 10 nitrogen and oxygen atoms in total. The molecule has 0 aliphatic carbocycles. The lowest BCUT2D eigenvalue weighted by atomic mass is 9.83. The smallest absolute Gasteiger partial charge is 0.264 e. The molecular formula is C36H39BrN6O4. The Bertz CT molecular complexity index is 1760. The second-order valence-corrected chi connectivity index (χ2v) is 13.1. The van der Waals surface area contributed by atoms with E-state index in [1.54, 1.807) is 9.58 Å². The van der Waals surface area contributed by atoms with Gasteiger partial charge in [-0.3, -0.25) is 14.3 Å². The molecule has 4 aromatic rings. The topological polar surface area (TPSA) is 133 Å². The van der Waals surface area contributed by atoms with E-state index >= 15 is 0 Å². The average molecular weight is 700 g/mol. The number of anilines is 2. The summed E-state index contributed by atoms with van der Waals surface area (Å²) in [4.78, 5) is 28.3. The minimum Gasteiger partial charge on any atom is -0.395 e. The van der Waals surface area contributed by atoms with Crippen LogP contribution in [-0.4, -0.2) is 56.2 Å². The Balaban J connectivity index is 1.13. The number of hydrogen-bond donors (Lipinski definition) is 4. The third-order valence-electron chi connectivity index (χ3n) is 9.05. The molecule has 6 rings (SSSR count). The Morgan fingerprint density at radius 3 is 2.77 bits per heavy atom. The van der Waals surface area contributed by atoms with Gasteiger partial charge >= 0.3 is 0 Å². The van der Waals surface area contributed by atoms with Crippen LogP contribution in [0.1, 0.15) is 54.5 Å². The molecule has 3 heterocycles. The number of nitrogens with one attached hydrogen (secondary N) is 2. The van der Waals surface area contributed by atoms with E-state index in [4.69, 9.17) is 0 Å².